The normalized spacial score (nSPS) is 12.5. The number of benzene rings is 2. The van der Waals surface area contributed by atoms with E-state index in [-0.39, 0.29) is 11.4 Å². The molecular formula is C15H13Cl2FO. The number of hydrogen-bond acceptors (Lipinski definition) is 1. The van der Waals surface area contributed by atoms with E-state index in [4.69, 9.17) is 23.2 Å². The van der Waals surface area contributed by atoms with E-state index in [9.17, 15) is 9.50 Å². The van der Waals surface area contributed by atoms with Crippen LogP contribution in [0.4, 0.5) is 4.39 Å². The minimum absolute atomic E-state index is 0.0556. The number of aryl methyl sites for hydroxylation is 1. The summed E-state index contributed by atoms with van der Waals surface area (Å²) in [5, 5.41) is 10.8. The molecule has 2 rings (SSSR count). The van der Waals surface area contributed by atoms with Crippen LogP contribution in [-0.2, 0) is 6.42 Å². The molecule has 0 fully saturated rings. The summed E-state index contributed by atoms with van der Waals surface area (Å²) < 4.78 is 13.8. The monoisotopic (exact) mass is 298 g/mol. The van der Waals surface area contributed by atoms with Crippen molar-refractivity contribution in [2.24, 2.45) is 0 Å². The summed E-state index contributed by atoms with van der Waals surface area (Å²) in [6, 6.07) is 10.2. The predicted octanol–water partition coefficient (Wildman–Crippen LogP) is 4.72. The summed E-state index contributed by atoms with van der Waals surface area (Å²) in [5.41, 5.74) is 1.85. The highest BCUT2D eigenvalue weighted by Gasteiger charge is 2.16. The first kappa shape index (κ1) is 14.3. The van der Waals surface area contributed by atoms with Gasteiger partial charge in [0.15, 0.2) is 0 Å². The third-order valence-corrected chi connectivity index (χ3v) is 3.83. The molecule has 0 saturated heterocycles. The second-order valence-electron chi connectivity index (χ2n) is 4.41. The Hall–Kier alpha value is -1.09. The standard InChI is InChI=1S/C15H13Cl2FO/c1-9-4-2-6-11(14(9)17)13(19)8-10-5-3-7-12(16)15(10)18/h2-7,13,19H,8H2,1H3. The van der Waals surface area contributed by atoms with Crippen LogP contribution in [0.3, 0.4) is 0 Å². The molecule has 1 N–H and O–H groups in total. The number of aliphatic hydroxyl groups is 1. The Morgan fingerprint density at radius 3 is 2.58 bits per heavy atom. The molecule has 0 aliphatic heterocycles. The quantitative estimate of drug-likeness (QED) is 0.869. The SMILES string of the molecule is Cc1cccc(C(O)Cc2cccc(Cl)c2F)c1Cl. The van der Waals surface area contributed by atoms with Crippen molar-refractivity contribution < 1.29 is 9.50 Å². The summed E-state index contributed by atoms with van der Waals surface area (Å²) >= 11 is 11.9. The molecule has 1 atom stereocenters. The fraction of sp³-hybridized carbons (Fsp3) is 0.200. The largest absolute Gasteiger partial charge is 0.388 e. The van der Waals surface area contributed by atoms with E-state index in [0.717, 1.165) is 5.56 Å². The first-order valence-corrected chi connectivity index (χ1v) is 6.62. The van der Waals surface area contributed by atoms with Crippen LogP contribution in [-0.4, -0.2) is 5.11 Å². The second-order valence-corrected chi connectivity index (χ2v) is 5.20. The van der Waals surface area contributed by atoms with Crippen molar-refractivity contribution in [3.8, 4) is 0 Å². The van der Waals surface area contributed by atoms with Crippen LogP contribution in [0.25, 0.3) is 0 Å². The zero-order valence-corrected chi connectivity index (χ0v) is 11.8. The van der Waals surface area contributed by atoms with Crippen LogP contribution in [0.2, 0.25) is 10.0 Å². The number of aliphatic hydroxyl groups excluding tert-OH is 1. The number of hydrogen-bond donors (Lipinski definition) is 1. The van der Waals surface area contributed by atoms with Gasteiger partial charge in [0.2, 0.25) is 0 Å². The van der Waals surface area contributed by atoms with Crippen LogP contribution < -0.4 is 0 Å². The van der Waals surface area contributed by atoms with Crippen LogP contribution in [0.1, 0.15) is 22.8 Å². The summed E-state index contributed by atoms with van der Waals surface area (Å²) in [5.74, 6) is -0.494. The Kier molecular flexibility index (Phi) is 4.46. The Labute approximate surface area is 121 Å². The fourth-order valence-corrected chi connectivity index (χ4v) is 2.40. The van der Waals surface area contributed by atoms with Gasteiger partial charge in [-0.2, -0.15) is 0 Å². The van der Waals surface area contributed by atoms with Gasteiger partial charge < -0.3 is 5.11 Å². The van der Waals surface area contributed by atoms with E-state index < -0.39 is 11.9 Å². The smallest absolute Gasteiger partial charge is 0.145 e. The minimum atomic E-state index is -0.861. The summed E-state index contributed by atoms with van der Waals surface area (Å²) in [6.45, 7) is 1.86. The van der Waals surface area contributed by atoms with Crippen molar-refractivity contribution in [1.29, 1.82) is 0 Å². The molecule has 2 aromatic carbocycles. The molecule has 0 aliphatic carbocycles. The molecule has 1 unspecified atom stereocenters. The van der Waals surface area contributed by atoms with Gasteiger partial charge in [-0.3, -0.25) is 0 Å². The first-order valence-electron chi connectivity index (χ1n) is 5.86. The van der Waals surface area contributed by atoms with E-state index in [1.54, 1.807) is 18.2 Å². The maximum absolute atomic E-state index is 13.8. The van der Waals surface area contributed by atoms with E-state index in [0.29, 0.717) is 16.1 Å². The highest BCUT2D eigenvalue weighted by molar-refractivity contribution is 6.32. The third-order valence-electron chi connectivity index (χ3n) is 3.03. The molecule has 1 nitrogen and oxygen atoms in total. The average molecular weight is 299 g/mol. The molecule has 0 aliphatic rings. The highest BCUT2D eigenvalue weighted by atomic mass is 35.5. The maximum Gasteiger partial charge on any atom is 0.145 e. The zero-order valence-electron chi connectivity index (χ0n) is 10.3. The molecule has 0 saturated carbocycles. The Bertz CT molecular complexity index is 599. The van der Waals surface area contributed by atoms with Crippen molar-refractivity contribution in [2.45, 2.75) is 19.4 Å². The molecule has 0 bridgehead atoms. The van der Waals surface area contributed by atoms with Gasteiger partial charge in [-0.05, 0) is 29.7 Å². The van der Waals surface area contributed by atoms with Crippen molar-refractivity contribution in [3.63, 3.8) is 0 Å². The van der Waals surface area contributed by atoms with Crippen LogP contribution in [0.5, 0.6) is 0 Å². The van der Waals surface area contributed by atoms with Crippen LogP contribution in [0.15, 0.2) is 36.4 Å². The van der Waals surface area contributed by atoms with E-state index in [2.05, 4.69) is 0 Å². The Balaban J connectivity index is 2.28. The van der Waals surface area contributed by atoms with Crippen molar-refractivity contribution in [3.05, 3.63) is 69.0 Å². The number of halogens is 3. The molecule has 100 valence electrons. The van der Waals surface area contributed by atoms with Gasteiger partial charge in [0.1, 0.15) is 5.82 Å². The van der Waals surface area contributed by atoms with Gasteiger partial charge in [0.25, 0.3) is 0 Å². The summed E-state index contributed by atoms with van der Waals surface area (Å²) in [7, 11) is 0. The lowest BCUT2D eigenvalue weighted by molar-refractivity contribution is 0.177. The predicted molar refractivity (Wildman–Crippen MR) is 76.3 cm³/mol. The molecular weight excluding hydrogens is 286 g/mol. The average Bonchev–Trinajstić information content (AvgIpc) is 2.38. The molecule has 19 heavy (non-hydrogen) atoms. The van der Waals surface area contributed by atoms with Gasteiger partial charge in [-0.25, -0.2) is 4.39 Å². The van der Waals surface area contributed by atoms with Crippen molar-refractivity contribution >= 4 is 23.2 Å². The first-order chi connectivity index (χ1) is 9.00. The summed E-state index contributed by atoms with van der Waals surface area (Å²) in [6.07, 6.45) is -0.726. The zero-order chi connectivity index (χ0) is 14.0. The van der Waals surface area contributed by atoms with E-state index >= 15 is 0 Å². The van der Waals surface area contributed by atoms with Gasteiger partial charge in [0, 0.05) is 11.4 Å². The maximum atomic E-state index is 13.8. The lowest BCUT2D eigenvalue weighted by atomic mass is 9.99. The van der Waals surface area contributed by atoms with E-state index in [1.807, 2.05) is 19.1 Å². The van der Waals surface area contributed by atoms with Gasteiger partial charge in [0.05, 0.1) is 11.1 Å². The molecule has 4 heteroatoms. The lowest BCUT2D eigenvalue weighted by Gasteiger charge is -2.14. The molecule has 0 aromatic heterocycles. The molecule has 0 amide bonds. The topological polar surface area (TPSA) is 20.2 Å². The number of rotatable bonds is 3. The van der Waals surface area contributed by atoms with Gasteiger partial charge in [-0.15, -0.1) is 0 Å². The molecule has 0 radical (unpaired) electrons. The molecule has 0 spiro atoms. The minimum Gasteiger partial charge on any atom is -0.388 e. The fourth-order valence-electron chi connectivity index (χ4n) is 1.95. The summed E-state index contributed by atoms with van der Waals surface area (Å²) in [4.78, 5) is 0. The van der Waals surface area contributed by atoms with Gasteiger partial charge >= 0.3 is 0 Å². The highest BCUT2D eigenvalue weighted by Crippen LogP contribution is 2.29. The molecule has 2 aromatic rings. The lowest BCUT2D eigenvalue weighted by Crippen LogP contribution is -2.05. The Morgan fingerprint density at radius 2 is 1.84 bits per heavy atom. The van der Waals surface area contributed by atoms with Crippen molar-refractivity contribution in [1.82, 2.24) is 0 Å². The third kappa shape index (κ3) is 3.08. The van der Waals surface area contributed by atoms with Gasteiger partial charge in [-0.1, -0.05) is 53.5 Å². The second kappa shape index (κ2) is 5.91. The Morgan fingerprint density at radius 1 is 1.16 bits per heavy atom. The molecule has 0 heterocycles. The van der Waals surface area contributed by atoms with Crippen molar-refractivity contribution in [2.75, 3.05) is 0 Å². The van der Waals surface area contributed by atoms with Crippen LogP contribution in [0, 0.1) is 12.7 Å². The van der Waals surface area contributed by atoms with E-state index in [1.165, 1.54) is 6.07 Å². The van der Waals surface area contributed by atoms with Crippen LogP contribution >= 0.6 is 23.2 Å².